The zero-order chi connectivity index (χ0) is 28.6. The van der Waals surface area contributed by atoms with Gasteiger partial charge >= 0.3 is 29.2 Å². The molecule has 0 aliphatic heterocycles. The van der Waals surface area contributed by atoms with Crippen LogP contribution in [0, 0.1) is 10.1 Å². The first-order valence-electron chi connectivity index (χ1n) is 10.7. The highest BCUT2D eigenvalue weighted by Gasteiger charge is 2.73. The first kappa shape index (κ1) is 28.8. The SMILES string of the molecule is CCOC(=O)c1ccn2c(-c3ccc([N+](=O)[O-])cc3)c(C(F)(F)C(F)(F)C(F)(F)Cl)c(C(=O)OCC)c2c1. The predicted octanol–water partition coefficient (Wildman–Crippen LogP) is 6.43. The minimum absolute atomic E-state index is 0.0931. The van der Waals surface area contributed by atoms with Crippen molar-refractivity contribution in [1.82, 2.24) is 4.40 Å². The van der Waals surface area contributed by atoms with Crippen molar-refractivity contribution in [2.75, 3.05) is 13.2 Å². The Labute approximate surface area is 214 Å². The Hall–Kier alpha value is -3.81. The van der Waals surface area contributed by atoms with E-state index in [0.29, 0.717) is 0 Å². The number of nitro groups is 1. The van der Waals surface area contributed by atoms with Crippen LogP contribution in [-0.2, 0) is 15.4 Å². The highest BCUT2D eigenvalue weighted by Crippen LogP contribution is 2.56. The molecule has 8 nitrogen and oxygen atoms in total. The van der Waals surface area contributed by atoms with Crippen molar-refractivity contribution in [1.29, 1.82) is 0 Å². The second-order valence-corrected chi connectivity index (χ2v) is 8.14. The normalized spacial score (nSPS) is 12.4. The third-order valence-corrected chi connectivity index (χ3v) is 5.58. The fourth-order valence-corrected chi connectivity index (χ4v) is 3.79. The number of rotatable bonds is 9. The number of carbonyl (C=O) groups is 2. The Morgan fingerprint density at radius 3 is 2.03 bits per heavy atom. The van der Waals surface area contributed by atoms with E-state index in [1.807, 2.05) is 0 Å². The Morgan fingerprint density at radius 2 is 1.53 bits per heavy atom. The van der Waals surface area contributed by atoms with Gasteiger partial charge in [-0.15, -0.1) is 0 Å². The summed E-state index contributed by atoms with van der Waals surface area (Å²) in [7, 11) is 0. The summed E-state index contributed by atoms with van der Waals surface area (Å²) < 4.78 is 97.8. The lowest BCUT2D eigenvalue weighted by Gasteiger charge is -2.30. The van der Waals surface area contributed by atoms with E-state index in [0.717, 1.165) is 47.0 Å². The fourth-order valence-electron chi connectivity index (χ4n) is 3.67. The van der Waals surface area contributed by atoms with Crippen LogP contribution in [0.1, 0.15) is 40.1 Å². The summed E-state index contributed by atoms with van der Waals surface area (Å²) >= 11 is 4.38. The van der Waals surface area contributed by atoms with Gasteiger partial charge in [0, 0.05) is 18.3 Å². The summed E-state index contributed by atoms with van der Waals surface area (Å²) in [6, 6.07) is 5.39. The third kappa shape index (κ3) is 4.75. The summed E-state index contributed by atoms with van der Waals surface area (Å²) in [6.45, 7) is 2.23. The summed E-state index contributed by atoms with van der Waals surface area (Å²) in [5.41, 5.74) is -5.83. The van der Waals surface area contributed by atoms with E-state index in [2.05, 4.69) is 11.6 Å². The molecule has 0 spiro atoms. The van der Waals surface area contributed by atoms with E-state index < -0.39 is 74.3 Å². The number of halogens is 7. The number of hydrogen-bond donors (Lipinski definition) is 0. The Morgan fingerprint density at radius 1 is 0.974 bits per heavy atom. The van der Waals surface area contributed by atoms with Crippen molar-refractivity contribution in [3.05, 3.63) is 69.4 Å². The lowest BCUT2D eigenvalue weighted by atomic mass is 9.94. The zero-order valence-electron chi connectivity index (χ0n) is 19.4. The van der Waals surface area contributed by atoms with Gasteiger partial charge in [0.05, 0.1) is 46.0 Å². The molecule has 15 heteroatoms. The van der Waals surface area contributed by atoms with Gasteiger partial charge in [0.25, 0.3) is 5.69 Å². The number of fused-ring (bicyclic) bond motifs is 1. The van der Waals surface area contributed by atoms with Crippen molar-refractivity contribution in [3.8, 4) is 11.3 Å². The zero-order valence-corrected chi connectivity index (χ0v) is 20.2. The molecule has 3 rings (SSSR count). The van der Waals surface area contributed by atoms with E-state index in [4.69, 9.17) is 9.47 Å². The van der Waals surface area contributed by atoms with Crippen LogP contribution in [0.15, 0.2) is 42.6 Å². The van der Waals surface area contributed by atoms with Gasteiger partial charge in [-0.05, 0) is 55.3 Å². The van der Waals surface area contributed by atoms with E-state index in [1.54, 1.807) is 0 Å². The van der Waals surface area contributed by atoms with Crippen molar-refractivity contribution >= 4 is 34.7 Å². The summed E-state index contributed by atoms with van der Waals surface area (Å²) in [6.07, 6.45) is 0.942. The molecule has 0 amide bonds. The van der Waals surface area contributed by atoms with E-state index in [1.165, 1.54) is 13.8 Å². The molecule has 1 aromatic carbocycles. The number of pyridine rings is 1. The van der Waals surface area contributed by atoms with Crippen LogP contribution >= 0.6 is 11.6 Å². The maximum absolute atomic E-state index is 15.5. The second-order valence-electron chi connectivity index (χ2n) is 7.66. The molecule has 0 fully saturated rings. The molecule has 3 aromatic rings. The molecule has 0 aliphatic rings. The van der Waals surface area contributed by atoms with Gasteiger partial charge in [0.1, 0.15) is 0 Å². The molecule has 0 atom stereocenters. The number of aromatic nitrogens is 1. The molecule has 0 radical (unpaired) electrons. The van der Waals surface area contributed by atoms with E-state index in [-0.39, 0.29) is 12.2 Å². The average molecular weight is 567 g/mol. The van der Waals surface area contributed by atoms with Crippen LogP contribution in [-0.4, -0.2) is 45.8 Å². The minimum atomic E-state index is -6.24. The second kappa shape index (κ2) is 10.2. The predicted molar refractivity (Wildman–Crippen MR) is 121 cm³/mol. The van der Waals surface area contributed by atoms with Gasteiger partial charge in [0.15, 0.2) is 0 Å². The first-order valence-corrected chi connectivity index (χ1v) is 11.1. The molecule has 0 bridgehead atoms. The summed E-state index contributed by atoms with van der Waals surface area (Å²) in [5, 5.41) is 5.25. The van der Waals surface area contributed by atoms with Crippen LogP contribution in [0.4, 0.5) is 32.0 Å². The molecule has 0 aliphatic carbocycles. The van der Waals surface area contributed by atoms with Crippen LogP contribution in [0.5, 0.6) is 0 Å². The van der Waals surface area contributed by atoms with E-state index >= 15 is 8.78 Å². The van der Waals surface area contributed by atoms with Gasteiger partial charge in [-0.3, -0.25) is 10.1 Å². The van der Waals surface area contributed by atoms with Crippen LogP contribution < -0.4 is 0 Å². The number of benzene rings is 1. The van der Waals surface area contributed by atoms with Gasteiger partial charge in [-0.1, -0.05) is 0 Å². The fraction of sp³-hybridized carbons (Fsp3) is 0.304. The molecule has 0 N–H and O–H groups in total. The molecule has 204 valence electrons. The molecule has 0 saturated carbocycles. The van der Waals surface area contributed by atoms with Crippen molar-refractivity contribution < 1.29 is 50.3 Å². The maximum atomic E-state index is 15.5. The standard InChI is InChI=1S/C23H17ClF6N2O6/c1-3-37-19(33)13-9-10-31-15(11-13)16(20(34)38-4-2)17(21(25,26)22(27,28)23(24,29)30)18(31)12-5-7-14(8-6-12)32(35)36/h5-11H,3-4H2,1-2H3. The first-order chi connectivity index (χ1) is 17.6. The minimum Gasteiger partial charge on any atom is -0.462 e. The van der Waals surface area contributed by atoms with Crippen molar-refractivity contribution in [2.45, 2.75) is 31.1 Å². The molecular formula is C23H17ClF6N2O6. The maximum Gasteiger partial charge on any atom is 0.390 e. The molecule has 2 heterocycles. The number of nitrogens with zero attached hydrogens (tertiary/aromatic N) is 2. The highest BCUT2D eigenvalue weighted by molar-refractivity contribution is 6.22. The van der Waals surface area contributed by atoms with Gasteiger partial charge < -0.3 is 13.9 Å². The van der Waals surface area contributed by atoms with Crippen LogP contribution in [0.3, 0.4) is 0 Å². The number of non-ortho nitro benzene ring substituents is 1. The molecule has 0 unspecified atom stereocenters. The molecule has 0 saturated heterocycles. The summed E-state index contributed by atoms with van der Waals surface area (Å²) in [5.74, 6) is -14.6. The highest BCUT2D eigenvalue weighted by atomic mass is 35.5. The lowest BCUT2D eigenvalue weighted by molar-refractivity contribution is -0.384. The Balaban J connectivity index is 2.54. The lowest BCUT2D eigenvalue weighted by Crippen LogP contribution is -2.50. The number of esters is 2. The van der Waals surface area contributed by atoms with Crippen LogP contribution in [0.2, 0.25) is 0 Å². The smallest absolute Gasteiger partial charge is 0.390 e. The Kier molecular flexibility index (Phi) is 7.69. The topological polar surface area (TPSA) is 100 Å². The third-order valence-electron chi connectivity index (χ3n) is 5.35. The Bertz CT molecular complexity index is 1400. The molecular weight excluding hydrogens is 550 g/mol. The number of ether oxygens (including phenoxy) is 2. The summed E-state index contributed by atoms with van der Waals surface area (Å²) in [4.78, 5) is 35.3. The van der Waals surface area contributed by atoms with E-state index in [9.17, 15) is 37.3 Å². The van der Waals surface area contributed by atoms with Crippen molar-refractivity contribution in [3.63, 3.8) is 0 Å². The quantitative estimate of drug-likeness (QED) is 0.0973. The van der Waals surface area contributed by atoms with Gasteiger partial charge in [0.2, 0.25) is 0 Å². The van der Waals surface area contributed by atoms with Crippen molar-refractivity contribution in [2.24, 2.45) is 0 Å². The number of hydrogen-bond acceptors (Lipinski definition) is 6. The monoisotopic (exact) mass is 566 g/mol. The number of carbonyl (C=O) groups excluding carboxylic acids is 2. The number of alkyl halides is 7. The average Bonchev–Trinajstić information content (AvgIpc) is 3.19. The van der Waals surface area contributed by atoms with Gasteiger partial charge in [-0.2, -0.15) is 26.3 Å². The van der Waals surface area contributed by atoms with Gasteiger partial charge in [-0.25, -0.2) is 9.59 Å². The number of nitro benzene ring substituents is 1. The van der Waals surface area contributed by atoms with Crippen LogP contribution in [0.25, 0.3) is 16.8 Å². The largest absolute Gasteiger partial charge is 0.462 e. The molecule has 2 aromatic heterocycles. The molecule has 38 heavy (non-hydrogen) atoms.